The molecule has 6 nitrogen and oxygen atoms in total. The summed E-state index contributed by atoms with van der Waals surface area (Å²) in [6.07, 6.45) is 1.84. The minimum Gasteiger partial charge on any atom is -0.383 e. The van der Waals surface area contributed by atoms with Gasteiger partial charge in [-0.1, -0.05) is 54.6 Å². The van der Waals surface area contributed by atoms with Gasteiger partial charge in [-0.3, -0.25) is 14.5 Å². The molecule has 0 bridgehead atoms. The monoisotopic (exact) mass is 503 g/mol. The Labute approximate surface area is 216 Å². The first kappa shape index (κ1) is 24.7. The second kappa shape index (κ2) is 11.4. The smallest absolute Gasteiger partial charge is 0.254 e. The van der Waals surface area contributed by atoms with E-state index in [4.69, 9.17) is 4.74 Å². The van der Waals surface area contributed by atoms with Gasteiger partial charge in [0.2, 0.25) is 5.91 Å². The molecule has 3 heterocycles. The predicted molar refractivity (Wildman–Crippen MR) is 142 cm³/mol. The first-order valence-electron chi connectivity index (χ1n) is 12.6. The molecule has 5 rings (SSSR count). The van der Waals surface area contributed by atoms with Gasteiger partial charge in [0.1, 0.15) is 0 Å². The van der Waals surface area contributed by atoms with E-state index in [0.717, 1.165) is 42.9 Å². The summed E-state index contributed by atoms with van der Waals surface area (Å²) in [6, 6.07) is 21.9. The summed E-state index contributed by atoms with van der Waals surface area (Å²) in [4.78, 5) is 32.8. The van der Waals surface area contributed by atoms with Crippen LogP contribution < -0.4 is 5.32 Å². The molecule has 2 atom stereocenters. The van der Waals surface area contributed by atoms with Gasteiger partial charge in [0.05, 0.1) is 18.6 Å². The Morgan fingerprint density at radius 3 is 2.50 bits per heavy atom. The molecule has 0 unspecified atom stereocenters. The molecule has 1 saturated heterocycles. The van der Waals surface area contributed by atoms with Crippen molar-refractivity contribution in [1.29, 1.82) is 0 Å². The Hall–Kier alpha value is -3.00. The van der Waals surface area contributed by atoms with Crippen LogP contribution in [0.15, 0.2) is 72.1 Å². The van der Waals surface area contributed by atoms with E-state index in [2.05, 4.69) is 34.5 Å². The Morgan fingerprint density at radius 1 is 1.03 bits per heavy atom. The van der Waals surface area contributed by atoms with E-state index >= 15 is 0 Å². The highest BCUT2D eigenvalue weighted by Crippen LogP contribution is 2.44. The largest absolute Gasteiger partial charge is 0.383 e. The van der Waals surface area contributed by atoms with Crippen LogP contribution in [-0.4, -0.2) is 61.0 Å². The molecule has 0 aliphatic carbocycles. The maximum Gasteiger partial charge on any atom is 0.254 e. The van der Waals surface area contributed by atoms with Crippen LogP contribution in [0.4, 0.5) is 0 Å². The number of thiophene rings is 1. The molecule has 36 heavy (non-hydrogen) atoms. The maximum absolute atomic E-state index is 13.9. The number of nitrogens with one attached hydrogen (secondary N) is 1. The SMILES string of the molecule is COCCN1C(=O)c2ccccc2[C@@H](C(=O)NC2CCN(Cc3ccccc3)CC2)[C@@H]1c1cccs1. The minimum atomic E-state index is -0.461. The third kappa shape index (κ3) is 5.24. The summed E-state index contributed by atoms with van der Waals surface area (Å²) in [5.41, 5.74) is 2.74. The van der Waals surface area contributed by atoms with Crippen molar-refractivity contribution in [1.82, 2.24) is 15.1 Å². The van der Waals surface area contributed by atoms with Crippen LogP contribution >= 0.6 is 11.3 Å². The highest BCUT2D eigenvalue weighted by atomic mass is 32.1. The van der Waals surface area contributed by atoms with E-state index < -0.39 is 5.92 Å². The number of amides is 2. The number of methoxy groups -OCH3 is 1. The summed E-state index contributed by atoms with van der Waals surface area (Å²) in [7, 11) is 1.64. The van der Waals surface area contributed by atoms with Crippen molar-refractivity contribution in [3.05, 3.63) is 93.7 Å². The Bertz CT molecular complexity index is 1160. The summed E-state index contributed by atoms with van der Waals surface area (Å²) >= 11 is 1.59. The topological polar surface area (TPSA) is 61.9 Å². The normalized spacial score (nSPS) is 20.8. The molecule has 2 aliphatic rings. The Kier molecular flexibility index (Phi) is 7.80. The van der Waals surface area contributed by atoms with Gasteiger partial charge in [-0.2, -0.15) is 0 Å². The number of hydrogen-bond donors (Lipinski definition) is 1. The maximum atomic E-state index is 13.9. The molecule has 1 aromatic heterocycles. The van der Waals surface area contributed by atoms with E-state index in [1.165, 1.54) is 5.56 Å². The van der Waals surface area contributed by atoms with Crippen LogP contribution in [0.2, 0.25) is 0 Å². The number of rotatable bonds is 8. The Balaban J connectivity index is 1.35. The number of nitrogens with zero attached hydrogens (tertiary/aromatic N) is 2. The number of likely N-dealkylation sites (tertiary alicyclic amines) is 1. The van der Waals surface area contributed by atoms with Crippen molar-refractivity contribution >= 4 is 23.2 Å². The highest BCUT2D eigenvalue weighted by molar-refractivity contribution is 7.10. The molecule has 0 saturated carbocycles. The van der Waals surface area contributed by atoms with Crippen molar-refractivity contribution < 1.29 is 14.3 Å². The third-order valence-electron chi connectivity index (χ3n) is 7.28. The molecule has 0 spiro atoms. The molecular formula is C29H33N3O3S. The molecule has 2 aromatic carbocycles. The fourth-order valence-corrected chi connectivity index (χ4v) is 6.33. The van der Waals surface area contributed by atoms with Gasteiger partial charge >= 0.3 is 0 Å². The van der Waals surface area contributed by atoms with E-state index in [1.54, 1.807) is 18.4 Å². The van der Waals surface area contributed by atoms with E-state index in [9.17, 15) is 9.59 Å². The lowest BCUT2D eigenvalue weighted by Crippen LogP contribution is -2.51. The highest BCUT2D eigenvalue weighted by Gasteiger charge is 2.44. The van der Waals surface area contributed by atoms with Gasteiger partial charge in [-0.15, -0.1) is 11.3 Å². The second-order valence-electron chi connectivity index (χ2n) is 9.56. The number of fused-ring (bicyclic) bond motifs is 1. The van der Waals surface area contributed by atoms with Gasteiger partial charge < -0.3 is 15.0 Å². The third-order valence-corrected chi connectivity index (χ3v) is 8.22. The first-order valence-corrected chi connectivity index (χ1v) is 13.5. The average Bonchev–Trinajstić information content (AvgIpc) is 3.44. The molecule has 3 aromatic rings. The fraction of sp³-hybridized carbons (Fsp3) is 0.379. The van der Waals surface area contributed by atoms with Gasteiger partial charge in [-0.05, 0) is 41.5 Å². The van der Waals surface area contributed by atoms with Gasteiger partial charge in [0.25, 0.3) is 5.91 Å². The quantitative estimate of drug-likeness (QED) is 0.493. The van der Waals surface area contributed by atoms with Crippen LogP contribution in [0.3, 0.4) is 0 Å². The minimum absolute atomic E-state index is 0.00252. The predicted octanol–water partition coefficient (Wildman–Crippen LogP) is 4.46. The van der Waals surface area contributed by atoms with Crippen molar-refractivity contribution in [2.45, 2.75) is 37.4 Å². The van der Waals surface area contributed by atoms with Crippen LogP contribution in [0.25, 0.3) is 0 Å². The van der Waals surface area contributed by atoms with Crippen LogP contribution in [-0.2, 0) is 16.1 Å². The number of piperidine rings is 1. The molecule has 2 aliphatic heterocycles. The first-order chi connectivity index (χ1) is 17.7. The van der Waals surface area contributed by atoms with Crippen molar-refractivity contribution in [2.75, 3.05) is 33.4 Å². The number of hydrogen-bond acceptors (Lipinski definition) is 5. The van der Waals surface area contributed by atoms with Crippen LogP contribution in [0, 0.1) is 0 Å². The number of ether oxygens (including phenoxy) is 1. The van der Waals surface area contributed by atoms with Crippen molar-refractivity contribution in [3.8, 4) is 0 Å². The van der Waals surface area contributed by atoms with Crippen molar-refractivity contribution in [2.24, 2.45) is 0 Å². The lowest BCUT2D eigenvalue weighted by molar-refractivity contribution is -0.125. The number of carbonyl (C=O) groups is 2. The standard InChI is InChI=1S/C29H33N3O3S/c1-35-18-17-32-27(25-12-7-19-36-25)26(23-10-5-6-11-24(23)29(32)34)28(33)30-22-13-15-31(16-14-22)20-21-8-3-2-4-9-21/h2-12,19,22,26-27H,13-18,20H2,1H3,(H,30,33)/t26-,27+/m1/s1. The number of carbonyl (C=O) groups excluding carboxylic acids is 2. The fourth-order valence-electron chi connectivity index (χ4n) is 5.45. The zero-order valence-electron chi connectivity index (χ0n) is 20.6. The molecule has 2 amide bonds. The summed E-state index contributed by atoms with van der Waals surface area (Å²) < 4.78 is 5.32. The van der Waals surface area contributed by atoms with Gasteiger partial charge in [0.15, 0.2) is 0 Å². The van der Waals surface area contributed by atoms with Gasteiger partial charge in [0, 0.05) is 49.8 Å². The van der Waals surface area contributed by atoms with Gasteiger partial charge in [-0.25, -0.2) is 0 Å². The molecule has 1 fully saturated rings. The zero-order chi connectivity index (χ0) is 24.9. The lowest BCUT2D eigenvalue weighted by Gasteiger charge is -2.42. The molecule has 1 N–H and O–H groups in total. The Morgan fingerprint density at radius 2 is 1.78 bits per heavy atom. The average molecular weight is 504 g/mol. The van der Waals surface area contributed by atoms with E-state index in [1.807, 2.05) is 52.7 Å². The van der Waals surface area contributed by atoms with Crippen LogP contribution in [0.5, 0.6) is 0 Å². The van der Waals surface area contributed by atoms with E-state index in [0.29, 0.717) is 18.7 Å². The summed E-state index contributed by atoms with van der Waals surface area (Å²) in [5.74, 6) is -0.506. The molecule has 188 valence electrons. The summed E-state index contributed by atoms with van der Waals surface area (Å²) in [5, 5.41) is 5.37. The lowest BCUT2D eigenvalue weighted by atomic mass is 9.81. The van der Waals surface area contributed by atoms with Crippen molar-refractivity contribution in [3.63, 3.8) is 0 Å². The summed E-state index contributed by atoms with van der Waals surface area (Å²) in [6.45, 7) is 3.70. The number of benzene rings is 2. The zero-order valence-corrected chi connectivity index (χ0v) is 21.5. The van der Waals surface area contributed by atoms with Crippen LogP contribution in [0.1, 0.15) is 51.2 Å². The molecule has 0 radical (unpaired) electrons. The molecular weight excluding hydrogens is 470 g/mol. The molecule has 7 heteroatoms. The second-order valence-corrected chi connectivity index (χ2v) is 10.5. The van der Waals surface area contributed by atoms with E-state index in [-0.39, 0.29) is 23.9 Å².